The molecule has 0 unspecified atom stereocenters. The van der Waals surface area contributed by atoms with Gasteiger partial charge in [-0.3, -0.25) is 9.89 Å². The molecule has 0 aliphatic carbocycles. The van der Waals surface area contributed by atoms with E-state index >= 15 is 0 Å². The standard InChI is InChI=1S/C20H35N5/c1-3-12-22-20(21-4-2)23-13-8-9-14-24-15-17-25(18-16-24)19-10-6-5-7-11-19/h5-7,10-11H,3-4,8-9,12-18H2,1-2H3,(H2,21,22,23). The minimum absolute atomic E-state index is 0.890. The van der Waals surface area contributed by atoms with Crippen molar-refractivity contribution in [2.75, 3.05) is 57.3 Å². The maximum absolute atomic E-state index is 4.54. The molecule has 0 bridgehead atoms. The fourth-order valence-electron chi connectivity index (χ4n) is 3.10. The molecule has 1 aromatic rings. The molecule has 5 nitrogen and oxygen atoms in total. The van der Waals surface area contributed by atoms with Crippen molar-refractivity contribution in [2.45, 2.75) is 33.1 Å². The molecular formula is C20H35N5. The summed E-state index contributed by atoms with van der Waals surface area (Å²) >= 11 is 0. The monoisotopic (exact) mass is 345 g/mol. The van der Waals surface area contributed by atoms with Gasteiger partial charge < -0.3 is 15.5 Å². The van der Waals surface area contributed by atoms with E-state index in [0.717, 1.165) is 45.1 Å². The Morgan fingerprint density at radius 3 is 2.44 bits per heavy atom. The van der Waals surface area contributed by atoms with Gasteiger partial charge in [0.1, 0.15) is 0 Å². The number of guanidine groups is 1. The summed E-state index contributed by atoms with van der Waals surface area (Å²) < 4.78 is 0. The van der Waals surface area contributed by atoms with E-state index in [1.165, 1.54) is 38.2 Å². The lowest BCUT2D eigenvalue weighted by atomic mass is 10.2. The van der Waals surface area contributed by atoms with Crippen molar-refractivity contribution in [2.24, 2.45) is 4.99 Å². The van der Waals surface area contributed by atoms with Crippen LogP contribution in [0, 0.1) is 0 Å². The van der Waals surface area contributed by atoms with Crippen LogP contribution in [-0.2, 0) is 0 Å². The number of nitrogens with one attached hydrogen (secondary N) is 2. The number of anilines is 1. The summed E-state index contributed by atoms with van der Waals surface area (Å²) in [4.78, 5) is 9.62. The summed E-state index contributed by atoms with van der Waals surface area (Å²) in [5.41, 5.74) is 1.36. The highest BCUT2D eigenvalue weighted by Crippen LogP contribution is 2.15. The van der Waals surface area contributed by atoms with Crippen molar-refractivity contribution in [3.63, 3.8) is 0 Å². The molecule has 0 radical (unpaired) electrons. The molecule has 0 saturated carbocycles. The van der Waals surface area contributed by atoms with E-state index in [1.807, 2.05) is 0 Å². The zero-order valence-electron chi connectivity index (χ0n) is 16.0. The summed E-state index contributed by atoms with van der Waals surface area (Å²) in [7, 11) is 0. The molecule has 1 aliphatic heterocycles. The third-order valence-corrected chi connectivity index (χ3v) is 4.52. The first kappa shape index (κ1) is 19.6. The Morgan fingerprint density at radius 2 is 1.76 bits per heavy atom. The zero-order chi connectivity index (χ0) is 17.7. The van der Waals surface area contributed by atoms with Crippen LogP contribution in [0.4, 0.5) is 5.69 Å². The van der Waals surface area contributed by atoms with Crippen LogP contribution < -0.4 is 15.5 Å². The highest BCUT2D eigenvalue weighted by molar-refractivity contribution is 5.79. The van der Waals surface area contributed by atoms with Crippen LogP contribution in [0.15, 0.2) is 35.3 Å². The van der Waals surface area contributed by atoms with Gasteiger partial charge in [0.2, 0.25) is 0 Å². The fourth-order valence-corrected chi connectivity index (χ4v) is 3.10. The van der Waals surface area contributed by atoms with Crippen molar-refractivity contribution in [1.82, 2.24) is 15.5 Å². The van der Waals surface area contributed by atoms with Gasteiger partial charge in [0.05, 0.1) is 0 Å². The SMILES string of the molecule is CCCN=C(NCC)NCCCCN1CCN(c2ccccc2)CC1. The predicted octanol–water partition coefficient (Wildman–Crippen LogP) is 2.55. The first-order valence-corrected chi connectivity index (χ1v) is 9.88. The third-order valence-electron chi connectivity index (χ3n) is 4.52. The molecule has 1 aromatic carbocycles. The zero-order valence-corrected chi connectivity index (χ0v) is 16.0. The van der Waals surface area contributed by atoms with Gasteiger partial charge >= 0.3 is 0 Å². The molecule has 1 aliphatic rings. The van der Waals surface area contributed by atoms with E-state index in [-0.39, 0.29) is 0 Å². The van der Waals surface area contributed by atoms with E-state index in [9.17, 15) is 0 Å². The summed E-state index contributed by atoms with van der Waals surface area (Å²) in [6.07, 6.45) is 3.52. The number of nitrogens with zero attached hydrogens (tertiary/aromatic N) is 3. The summed E-state index contributed by atoms with van der Waals surface area (Å²) in [5.74, 6) is 0.959. The predicted molar refractivity (Wildman–Crippen MR) is 109 cm³/mol. The average Bonchev–Trinajstić information content (AvgIpc) is 2.67. The molecule has 5 heteroatoms. The minimum atomic E-state index is 0.890. The number of benzene rings is 1. The van der Waals surface area contributed by atoms with Gasteiger partial charge in [-0.25, -0.2) is 0 Å². The highest BCUT2D eigenvalue weighted by Gasteiger charge is 2.16. The van der Waals surface area contributed by atoms with Gasteiger partial charge in [-0.2, -0.15) is 0 Å². The van der Waals surface area contributed by atoms with Gasteiger partial charge in [-0.05, 0) is 44.9 Å². The molecule has 0 atom stereocenters. The van der Waals surface area contributed by atoms with E-state index < -0.39 is 0 Å². The smallest absolute Gasteiger partial charge is 0.191 e. The normalized spacial score (nSPS) is 16.1. The largest absolute Gasteiger partial charge is 0.369 e. The molecule has 0 spiro atoms. The summed E-state index contributed by atoms with van der Waals surface area (Å²) in [5, 5.41) is 6.73. The molecule has 1 fully saturated rings. The van der Waals surface area contributed by atoms with Crippen molar-refractivity contribution < 1.29 is 0 Å². The van der Waals surface area contributed by atoms with Crippen molar-refractivity contribution >= 4 is 11.6 Å². The lowest BCUT2D eigenvalue weighted by molar-refractivity contribution is 0.253. The Morgan fingerprint density at radius 1 is 1.00 bits per heavy atom. The van der Waals surface area contributed by atoms with Crippen LogP contribution >= 0.6 is 0 Å². The van der Waals surface area contributed by atoms with Crippen LogP contribution in [0.3, 0.4) is 0 Å². The molecule has 2 rings (SSSR count). The molecule has 1 saturated heterocycles. The van der Waals surface area contributed by atoms with Crippen LogP contribution in [0.25, 0.3) is 0 Å². The quantitative estimate of drug-likeness (QED) is 0.410. The van der Waals surface area contributed by atoms with Gasteiger partial charge in [-0.15, -0.1) is 0 Å². The number of hydrogen-bond donors (Lipinski definition) is 2. The van der Waals surface area contributed by atoms with Crippen molar-refractivity contribution in [3.8, 4) is 0 Å². The minimum Gasteiger partial charge on any atom is -0.369 e. The Labute approximate surface area is 153 Å². The number of aliphatic imine (C=N–C) groups is 1. The second kappa shape index (κ2) is 11.7. The number of para-hydroxylation sites is 1. The average molecular weight is 346 g/mol. The summed E-state index contributed by atoms with van der Waals surface area (Å²) in [6, 6.07) is 10.8. The molecule has 2 N–H and O–H groups in total. The number of piperazine rings is 1. The van der Waals surface area contributed by atoms with Crippen molar-refractivity contribution in [1.29, 1.82) is 0 Å². The first-order valence-electron chi connectivity index (χ1n) is 9.88. The number of unbranched alkanes of at least 4 members (excludes halogenated alkanes) is 1. The second-order valence-electron chi connectivity index (χ2n) is 6.56. The third kappa shape index (κ3) is 7.34. The highest BCUT2D eigenvalue weighted by atomic mass is 15.3. The van der Waals surface area contributed by atoms with E-state index in [4.69, 9.17) is 0 Å². The van der Waals surface area contributed by atoms with E-state index in [0.29, 0.717) is 0 Å². The van der Waals surface area contributed by atoms with Crippen LogP contribution in [-0.4, -0.2) is 63.2 Å². The van der Waals surface area contributed by atoms with E-state index in [1.54, 1.807) is 0 Å². The van der Waals surface area contributed by atoms with Crippen LogP contribution in [0.5, 0.6) is 0 Å². The van der Waals surface area contributed by atoms with Crippen LogP contribution in [0.1, 0.15) is 33.1 Å². The van der Waals surface area contributed by atoms with E-state index in [2.05, 4.69) is 69.6 Å². The molecule has 0 aromatic heterocycles. The second-order valence-corrected chi connectivity index (χ2v) is 6.56. The first-order chi connectivity index (χ1) is 12.3. The Bertz CT molecular complexity index is 480. The Balaban J connectivity index is 1.57. The number of rotatable bonds is 9. The molecule has 25 heavy (non-hydrogen) atoms. The molecule has 140 valence electrons. The van der Waals surface area contributed by atoms with Gasteiger partial charge in [0.15, 0.2) is 5.96 Å². The topological polar surface area (TPSA) is 42.9 Å². The molecular weight excluding hydrogens is 310 g/mol. The lowest BCUT2D eigenvalue weighted by Gasteiger charge is -2.36. The maximum atomic E-state index is 4.54. The van der Waals surface area contributed by atoms with Crippen LogP contribution in [0.2, 0.25) is 0 Å². The van der Waals surface area contributed by atoms with Gasteiger partial charge in [-0.1, -0.05) is 25.1 Å². The molecule has 1 heterocycles. The maximum Gasteiger partial charge on any atom is 0.191 e. The lowest BCUT2D eigenvalue weighted by Crippen LogP contribution is -2.46. The van der Waals surface area contributed by atoms with Gasteiger partial charge in [0.25, 0.3) is 0 Å². The fraction of sp³-hybridized carbons (Fsp3) is 0.650. The molecule has 0 amide bonds. The Hall–Kier alpha value is -1.75. The Kier molecular flexibility index (Phi) is 9.19. The number of hydrogen-bond acceptors (Lipinski definition) is 3. The van der Waals surface area contributed by atoms with Crippen molar-refractivity contribution in [3.05, 3.63) is 30.3 Å². The summed E-state index contributed by atoms with van der Waals surface area (Å²) in [6.45, 7) is 12.9. The van der Waals surface area contributed by atoms with Gasteiger partial charge in [0, 0.05) is 51.5 Å².